The number of esters is 1. The molecule has 0 spiro atoms. The van der Waals surface area contributed by atoms with Crippen molar-refractivity contribution in [3.8, 4) is 23.0 Å². The van der Waals surface area contributed by atoms with Gasteiger partial charge in [0.05, 0.1) is 54.9 Å². The lowest BCUT2D eigenvalue weighted by Crippen LogP contribution is -2.28. The van der Waals surface area contributed by atoms with Gasteiger partial charge in [0, 0.05) is 51.6 Å². The van der Waals surface area contributed by atoms with Crippen LogP contribution in [0.3, 0.4) is 0 Å². The molecule has 266 valence electrons. The summed E-state index contributed by atoms with van der Waals surface area (Å²) in [6, 6.07) is 5.79. The lowest BCUT2D eigenvalue weighted by atomic mass is 9.87. The van der Waals surface area contributed by atoms with Crippen LogP contribution < -0.4 is 18.9 Å². The van der Waals surface area contributed by atoms with Crippen LogP contribution >= 0.6 is 30.3 Å². The van der Waals surface area contributed by atoms with Gasteiger partial charge in [0.2, 0.25) is 0 Å². The average molecular weight is 743 g/mol. The number of carbonyl (C=O) groups excluding carboxylic acids is 3. The molecule has 16 heteroatoms. The SMILES string of the molecule is COC(=O)C(C)(C)CC(=O)c1cc2c(F)c(OCCCOc3c(OC)cc4sc(C(=O)CC(C)(C)P(=O)(O)O)cc4c3F)c(OC)cc2s1. The van der Waals surface area contributed by atoms with Gasteiger partial charge in [-0.05, 0) is 39.8 Å². The van der Waals surface area contributed by atoms with Crippen LogP contribution in [0.4, 0.5) is 8.78 Å². The number of ketones is 2. The number of methoxy groups -OCH3 is 3. The van der Waals surface area contributed by atoms with E-state index in [1.54, 1.807) is 19.9 Å². The normalized spacial score (nSPS) is 12.3. The quantitative estimate of drug-likeness (QED) is 0.0506. The van der Waals surface area contributed by atoms with Gasteiger partial charge in [-0.15, -0.1) is 22.7 Å². The minimum atomic E-state index is -4.57. The van der Waals surface area contributed by atoms with Crippen molar-refractivity contribution < 1.29 is 61.2 Å². The number of Topliss-reactive ketones (excluding diaryl/α,β-unsaturated/α-hetero) is 2. The summed E-state index contributed by atoms with van der Waals surface area (Å²) in [4.78, 5) is 57.4. The Bertz CT molecular complexity index is 1960. The van der Waals surface area contributed by atoms with Gasteiger partial charge in [-0.25, -0.2) is 8.78 Å². The Balaban J connectivity index is 1.46. The second kappa shape index (κ2) is 14.7. The smallest absolute Gasteiger partial charge is 0.331 e. The Morgan fingerprint density at radius 2 is 1.18 bits per heavy atom. The monoisotopic (exact) mass is 742 g/mol. The zero-order chi connectivity index (χ0) is 36.5. The highest BCUT2D eigenvalue weighted by molar-refractivity contribution is 7.53. The fourth-order valence-corrected chi connectivity index (χ4v) is 7.27. The largest absolute Gasteiger partial charge is 0.493 e. The minimum Gasteiger partial charge on any atom is -0.493 e. The van der Waals surface area contributed by atoms with Crippen molar-refractivity contribution in [1.29, 1.82) is 0 Å². The molecule has 0 aliphatic heterocycles. The molecule has 0 aliphatic carbocycles. The van der Waals surface area contributed by atoms with Gasteiger partial charge in [-0.1, -0.05) is 0 Å². The molecule has 2 aromatic heterocycles. The third-order valence-electron chi connectivity index (χ3n) is 7.86. The van der Waals surface area contributed by atoms with E-state index in [0.717, 1.165) is 22.7 Å². The number of thiophene rings is 2. The van der Waals surface area contributed by atoms with Gasteiger partial charge < -0.3 is 33.5 Å². The molecule has 0 atom stereocenters. The summed E-state index contributed by atoms with van der Waals surface area (Å²) in [5.74, 6) is -3.15. The highest BCUT2D eigenvalue weighted by Gasteiger charge is 2.40. The lowest BCUT2D eigenvalue weighted by Gasteiger charge is -2.24. The standard InChI is InChI=1S/C33H37F2O11PS2/c1-32(2,31(38)44-7)15-19(36)25-11-17-23(48-25)13-21(42-5)29(27(17)34)45-9-8-10-46-30-22(43-6)14-24-18(28(30)35)12-26(49-24)20(37)16-33(3,4)47(39,40)41/h11-14H,8-10,15-16H2,1-7H3,(H2,39,40,41). The van der Waals surface area contributed by atoms with Gasteiger partial charge in [0.25, 0.3) is 0 Å². The number of hydrogen-bond acceptors (Lipinski definition) is 11. The molecule has 0 saturated heterocycles. The van der Waals surface area contributed by atoms with Crippen molar-refractivity contribution >= 4 is 68.0 Å². The Labute approximate surface area is 289 Å². The van der Waals surface area contributed by atoms with Crippen LogP contribution in [0.2, 0.25) is 0 Å². The Hall–Kier alpha value is -3.62. The number of ether oxygens (including phenoxy) is 5. The molecule has 4 rings (SSSR count). The van der Waals surface area contributed by atoms with Crippen molar-refractivity contribution in [2.45, 2.75) is 52.1 Å². The predicted molar refractivity (Wildman–Crippen MR) is 182 cm³/mol. The highest BCUT2D eigenvalue weighted by atomic mass is 32.1. The molecule has 2 heterocycles. The maximum atomic E-state index is 15.7. The van der Waals surface area contributed by atoms with Crippen LogP contribution in [0.25, 0.3) is 20.2 Å². The molecule has 0 radical (unpaired) electrons. The number of rotatable bonds is 16. The van der Waals surface area contributed by atoms with Gasteiger partial charge in [0.15, 0.2) is 46.2 Å². The molecule has 0 amide bonds. The zero-order valence-corrected chi connectivity index (χ0v) is 30.5. The Kier molecular flexibility index (Phi) is 11.5. The number of fused-ring (bicyclic) bond motifs is 2. The Morgan fingerprint density at radius 1 is 0.755 bits per heavy atom. The lowest BCUT2D eigenvalue weighted by molar-refractivity contribution is -0.150. The first kappa shape index (κ1) is 38.2. The Morgan fingerprint density at radius 3 is 1.57 bits per heavy atom. The second-order valence-electron chi connectivity index (χ2n) is 12.5. The molecule has 2 aromatic carbocycles. The molecule has 0 bridgehead atoms. The average Bonchev–Trinajstić information content (AvgIpc) is 3.66. The van der Waals surface area contributed by atoms with E-state index in [1.807, 2.05) is 0 Å². The van der Waals surface area contributed by atoms with Gasteiger partial charge in [-0.3, -0.25) is 18.9 Å². The van der Waals surface area contributed by atoms with E-state index in [1.165, 1.54) is 53.4 Å². The molecule has 0 saturated carbocycles. The van der Waals surface area contributed by atoms with Crippen molar-refractivity contribution in [2.24, 2.45) is 5.41 Å². The zero-order valence-electron chi connectivity index (χ0n) is 27.9. The maximum absolute atomic E-state index is 15.7. The molecule has 4 aromatic rings. The summed E-state index contributed by atoms with van der Waals surface area (Å²) in [5, 5.41) is -1.37. The van der Waals surface area contributed by atoms with Crippen LogP contribution in [0.15, 0.2) is 24.3 Å². The molecule has 0 aliphatic rings. The van der Waals surface area contributed by atoms with E-state index in [-0.39, 0.29) is 75.4 Å². The minimum absolute atomic E-state index is 0.0549. The summed E-state index contributed by atoms with van der Waals surface area (Å²) >= 11 is 2.03. The first-order valence-corrected chi connectivity index (χ1v) is 18.2. The molecular formula is C33H37F2O11PS2. The van der Waals surface area contributed by atoms with Crippen LogP contribution in [-0.2, 0) is 14.1 Å². The van der Waals surface area contributed by atoms with E-state index >= 15 is 8.78 Å². The third kappa shape index (κ3) is 8.07. The fraction of sp³-hybridized carbons (Fsp3) is 0.424. The molecule has 0 unspecified atom stereocenters. The second-order valence-corrected chi connectivity index (χ2v) is 16.9. The van der Waals surface area contributed by atoms with Crippen LogP contribution in [0, 0.1) is 17.0 Å². The summed E-state index contributed by atoms with van der Waals surface area (Å²) in [7, 11) is -0.651. The number of halogens is 2. The van der Waals surface area contributed by atoms with E-state index in [0.29, 0.717) is 9.40 Å². The van der Waals surface area contributed by atoms with Crippen molar-refractivity contribution in [1.82, 2.24) is 0 Å². The highest BCUT2D eigenvalue weighted by Crippen LogP contribution is 2.52. The van der Waals surface area contributed by atoms with Crippen LogP contribution in [0.1, 0.15) is 66.3 Å². The predicted octanol–water partition coefficient (Wildman–Crippen LogP) is 7.56. The summed E-state index contributed by atoms with van der Waals surface area (Å²) in [5.41, 5.74) is -1.06. The van der Waals surface area contributed by atoms with E-state index in [9.17, 15) is 28.7 Å². The van der Waals surface area contributed by atoms with Gasteiger partial charge >= 0.3 is 13.6 Å². The van der Waals surface area contributed by atoms with Crippen molar-refractivity contribution in [3.63, 3.8) is 0 Å². The summed E-state index contributed by atoms with van der Waals surface area (Å²) in [6.45, 7) is 5.65. The molecule has 2 N–H and O–H groups in total. The third-order valence-corrected chi connectivity index (χ3v) is 11.8. The summed E-state index contributed by atoms with van der Waals surface area (Å²) in [6.07, 6.45) is -0.385. The first-order valence-electron chi connectivity index (χ1n) is 14.9. The maximum Gasteiger partial charge on any atom is 0.331 e. The topological polar surface area (TPSA) is 155 Å². The number of benzene rings is 2. The molecular weight excluding hydrogens is 705 g/mol. The first-order chi connectivity index (χ1) is 22.8. The van der Waals surface area contributed by atoms with Crippen molar-refractivity contribution in [2.75, 3.05) is 34.5 Å². The van der Waals surface area contributed by atoms with Crippen LogP contribution in [0.5, 0.6) is 23.0 Å². The van der Waals surface area contributed by atoms with E-state index in [4.69, 9.17) is 23.7 Å². The number of hydrogen-bond donors (Lipinski definition) is 2. The number of carbonyl (C=O) groups is 3. The summed E-state index contributed by atoms with van der Waals surface area (Å²) < 4.78 is 70.7. The molecule has 11 nitrogen and oxygen atoms in total. The fourth-order valence-electron chi connectivity index (χ4n) is 4.87. The molecule has 0 fully saturated rings. The van der Waals surface area contributed by atoms with Gasteiger partial charge in [0.1, 0.15) is 0 Å². The molecule has 49 heavy (non-hydrogen) atoms. The van der Waals surface area contributed by atoms with Gasteiger partial charge in [-0.2, -0.15) is 0 Å². The van der Waals surface area contributed by atoms with E-state index < -0.39 is 48.0 Å². The van der Waals surface area contributed by atoms with E-state index in [2.05, 4.69) is 0 Å². The van der Waals surface area contributed by atoms with Crippen molar-refractivity contribution in [3.05, 3.63) is 45.7 Å². The van der Waals surface area contributed by atoms with Crippen LogP contribution in [-0.4, -0.2) is 67.0 Å².